The van der Waals surface area contributed by atoms with Gasteiger partial charge in [0.1, 0.15) is 11.3 Å². The summed E-state index contributed by atoms with van der Waals surface area (Å²) < 4.78 is 10.8. The number of ether oxygens (including phenoxy) is 1. The second kappa shape index (κ2) is 7.81. The van der Waals surface area contributed by atoms with E-state index in [0.29, 0.717) is 38.7 Å². The Labute approximate surface area is 171 Å². The Kier molecular flexibility index (Phi) is 5.06. The minimum absolute atomic E-state index is 0.340. The van der Waals surface area contributed by atoms with Crippen LogP contribution in [0.5, 0.6) is 5.75 Å². The lowest BCUT2D eigenvalue weighted by Gasteiger charge is -2.13. The lowest BCUT2D eigenvalue weighted by molar-refractivity contribution is 0.102. The number of nitrogens with one attached hydrogen (secondary N) is 1. The second-order valence-corrected chi connectivity index (χ2v) is 6.74. The number of benzene rings is 3. The molecule has 5 nitrogen and oxygen atoms in total. The van der Waals surface area contributed by atoms with Gasteiger partial charge in [0.05, 0.1) is 28.9 Å². The molecule has 0 saturated heterocycles. The molecule has 1 N–H and O–H groups in total. The molecule has 3 aromatic carbocycles. The Morgan fingerprint density at radius 3 is 2.55 bits per heavy atom. The van der Waals surface area contributed by atoms with Gasteiger partial charge in [0.2, 0.25) is 0 Å². The molecule has 0 spiro atoms. The molecule has 0 bridgehead atoms. The third kappa shape index (κ3) is 3.73. The van der Waals surface area contributed by atoms with Gasteiger partial charge in [0, 0.05) is 5.39 Å². The summed E-state index contributed by atoms with van der Waals surface area (Å²) >= 11 is 6.12. The van der Waals surface area contributed by atoms with E-state index in [9.17, 15) is 9.59 Å². The summed E-state index contributed by atoms with van der Waals surface area (Å²) in [6.07, 6.45) is 0. The number of rotatable bonds is 4. The molecular weight excluding hydrogens is 390 g/mol. The molecular formula is C23H16ClNO4. The number of halogens is 1. The van der Waals surface area contributed by atoms with E-state index in [1.165, 1.54) is 7.11 Å². The Morgan fingerprint density at radius 2 is 1.76 bits per heavy atom. The number of fused-ring (bicyclic) bond motifs is 1. The third-order valence-corrected chi connectivity index (χ3v) is 4.85. The summed E-state index contributed by atoms with van der Waals surface area (Å²) in [5.41, 5.74) is 1.80. The Morgan fingerprint density at radius 1 is 1.00 bits per heavy atom. The van der Waals surface area contributed by atoms with Gasteiger partial charge in [-0.05, 0) is 42.0 Å². The van der Waals surface area contributed by atoms with Crippen LogP contribution in [-0.4, -0.2) is 13.0 Å². The quantitative estimate of drug-likeness (QED) is 0.463. The van der Waals surface area contributed by atoms with Crippen LogP contribution in [-0.2, 0) is 0 Å². The van der Waals surface area contributed by atoms with E-state index in [2.05, 4.69) is 5.32 Å². The number of para-hydroxylation sites is 1. The zero-order valence-electron chi connectivity index (χ0n) is 15.4. The highest BCUT2D eigenvalue weighted by molar-refractivity contribution is 6.34. The largest absolute Gasteiger partial charge is 0.495 e. The summed E-state index contributed by atoms with van der Waals surface area (Å²) in [6, 6.07) is 20.9. The first-order chi connectivity index (χ1) is 14.1. The van der Waals surface area contributed by atoms with E-state index in [-0.39, 0.29) is 5.91 Å². The van der Waals surface area contributed by atoms with Crippen molar-refractivity contribution in [2.24, 2.45) is 0 Å². The van der Waals surface area contributed by atoms with Crippen LogP contribution >= 0.6 is 11.6 Å². The first-order valence-electron chi connectivity index (χ1n) is 8.84. The van der Waals surface area contributed by atoms with Crippen LogP contribution in [0.4, 0.5) is 5.69 Å². The molecule has 0 aliphatic heterocycles. The first-order valence-corrected chi connectivity index (χ1v) is 9.22. The van der Waals surface area contributed by atoms with Crippen LogP contribution in [0.15, 0.2) is 82.0 Å². The molecule has 1 aromatic heterocycles. The van der Waals surface area contributed by atoms with Crippen LogP contribution in [0, 0.1) is 0 Å². The normalized spacial score (nSPS) is 10.7. The minimum atomic E-state index is -0.461. The topological polar surface area (TPSA) is 68.5 Å². The van der Waals surface area contributed by atoms with Gasteiger partial charge in [0.25, 0.3) is 5.91 Å². The summed E-state index contributed by atoms with van der Waals surface area (Å²) in [7, 11) is 1.50. The maximum atomic E-state index is 12.7. The number of amides is 1. The zero-order chi connectivity index (χ0) is 20.4. The fourth-order valence-corrected chi connectivity index (χ4v) is 3.29. The Hall–Kier alpha value is -3.57. The van der Waals surface area contributed by atoms with Crippen molar-refractivity contribution in [3.8, 4) is 16.9 Å². The van der Waals surface area contributed by atoms with Crippen molar-refractivity contribution >= 4 is 34.2 Å². The fraction of sp³-hybridized carbons (Fsp3) is 0.0435. The number of carbonyl (C=O) groups is 1. The van der Waals surface area contributed by atoms with Crippen molar-refractivity contribution in [1.82, 2.24) is 0 Å². The van der Waals surface area contributed by atoms with Crippen LogP contribution in [0.1, 0.15) is 10.4 Å². The monoisotopic (exact) mass is 405 g/mol. The molecule has 0 atom stereocenters. The summed E-state index contributed by atoms with van der Waals surface area (Å²) in [4.78, 5) is 25.1. The number of hydrogen-bond acceptors (Lipinski definition) is 4. The van der Waals surface area contributed by atoms with Gasteiger partial charge in [-0.3, -0.25) is 4.79 Å². The lowest BCUT2D eigenvalue weighted by atomic mass is 10.0. The molecule has 0 aliphatic carbocycles. The van der Waals surface area contributed by atoms with E-state index in [0.717, 1.165) is 5.39 Å². The van der Waals surface area contributed by atoms with Crippen molar-refractivity contribution in [2.75, 3.05) is 12.4 Å². The van der Waals surface area contributed by atoms with Crippen LogP contribution in [0.3, 0.4) is 0 Å². The predicted molar refractivity (Wildman–Crippen MR) is 114 cm³/mol. The summed E-state index contributed by atoms with van der Waals surface area (Å²) in [6.45, 7) is 0. The SMILES string of the molecule is COc1ccc(-c2cc3ccccc3oc2=O)cc1NC(=O)c1ccccc1Cl. The molecule has 1 heterocycles. The summed E-state index contributed by atoms with van der Waals surface area (Å²) in [5, 5.41) is 3.95. The highest BCUT2D eigenvalue weighted by atomic mass is 35.5. The smallest absolute Gasteiger partial charge is 0.344 e. The zero-order valence-corrected chi connectivity index (χ0v) is 16.2. The van der Waals surface area contributed by atoms with E-state index in [1.807, 2.05) is 12.1 Å². The Bertz CT molecular complexity index is 1280. The van der Waals surface area contributed by atoms with Gasteiger partial charge >= 0.3 is 5.63 Å². The highest BCUT2D eigenvalue weighted by Gasteiger charge is 2.15. The third-order valence-electron chi connectivity index (χ3n) is 4.52. The number of carbonyl (C=O) groups excluding carboxylic acids is 1. The standard InChI is InChI=1S/C23H16ClNO4/c1-28-21-11-10-14(17-12-15-6-2-5-9-20(15)29-23(17)27)13-19(21)25-22(26)16-7-3-4-8-18(16)24/h2-13H,1H3,(H,25,26). The highest BCUT2D eigenvalue weighted by Crippen LogP contribution is 2.31. The van der Waals surface area contributed by atoms with E-state index in [4.69, 9.17) is 20.8 Å². The average Bonchev–Trinajstić information content (AvgIpc) is 2.73. The van der Waals surface area contributed by atoms with Crippen LogP contribution in [0.2, 0.25) is 5.02 Å². The number of anilines is 1. The van der Waals surface area contributed by atoms with Crippen LogP contribution < -0.4 is 15.7 Å². The molecule has 4 rings (SSSR count). The van der Waals surface area contributed by atoms with Gasteiger partial charge in [0.15, 0.2) is 0 Å². The van der Waals surface area contributed by atoms with E-state index >= 15 is 0 Å². The molecule has 0 radical (unpaired) electrons. The predicted octanol–water partition coefficient (Wildman–Crippen LogP) is 5.37. The molecule has 144 valence electrons. The lowest BCUT2D eigenvalue weighted by Crippen LogP contribution is -2.13. The molecule has 4 aromatic rings. The van der Waals surface area contributed by atoms with Gasteiger partial charge in [-0.2, -0.15) is 0 Å². The minimum Gasteiger partial charge on any atom is -0.495 e. The maximum Gasteiger partial charge on any atom is 0.344 e. The van der Waals surface area contributed by atoms with E-state index in [1.54, 1.807) is 60.7 Å². The molecule has 29 heavy (non-hydrogen) atoms. The molecule has 6 heteroatoms. The Balaban J connectivity index is 1.76. The van der Waals surface area contributed by atoms with Gasteiger partial charge in [-0.1, -0.05) is 48.0 Å². The van der Waals surface area contributed by atoms with Crippen molar-refractivity contribution < 1.29 is 13.9 Å². The second-order valence-electron chi connectivity index (χ2n) is 6.33. The van der Waals surface area contributed by atoms with Crippen molar-refractivity contribution in [1.29, 1.82) is 0 Å². The molecule has 1 amide bonds. The maximum absolute atomic E-state index is 12.7. The van der Waals surface area contributed by atoms with Gasteiger partial charge in [-0.25, -0.2) is 4.79 Å². The van der Waals surface area contributed by atoms with Crippen LogP contribution in [0.25, 0.3) is 22.1 Å². The number of methoxy groups -OCH3 is 1. The fourth-order valence-electron chi connectivity index (χ4n) is 3.07. The first kappa shape index (κ1) is 18.8. The van der Waals surface area contributed by atoms with Crippen molar-refractivity contribution in [2.45, 2.75) is 0 Å². The molecule has 0 unspecified atom stereocenters. The van der Waals surface area contributed by atoms with Gasteiger partial charge < -0.3 is 14.5 Å². The molecule has 0 aliphatic rings. The van der Waals surface area contributed by atoms with Crippen molar-refractivity contribution in [3.63, 3.8) is 0 Å². The molecule has 0 fully saturated rings. The average molecular weight is 406 g/mol. The van der Waals surface area contributed by atoms with E-state index < -0.39 is 5.63 Å². The van der Waals surface area contributed by atoms with Crippen molar-refractivity contribution in [3.05, 3.63) is 93.8 Å². The molecule has 0 saturated carbocycles. The van der Waals surface area contributed by atoms with Gasteiger partial charge in [-0.15, -0.1) is 0 Å². The summed E-state index contributed by atoms with van der Waals surface area (Å²) in [5.74, 6) is 0.0796. The number of hydrogen-bond donors (Lipinski definition) is 1.